The first-order valence-corrected chi connectivity index (χ1v) is 12.2. The molecule has 0 aliphatic carbocycles. The Hall–Kier alpha value is -3.39. The number of amides is 2. The lowest BCUT2D eigenvalue weighted by molar-refractivity contribution is -0.141. The highest BCUT2D eigenvalue weighted by atomic mass is 35.5. The van der Waals surface area contributed by atoms with E-state index in [4.69, 9.17) is 45.2 Å². The van der Waals surface area contributed by atoms with E-state index >= 15 is 0 Å². The van der Waals surface area contributed by atoms with Crippen LogP contribution in [0.2, 0.25) is 10.0 Å². The molecule has 0 aliphatic heterocycles. The first-order chi connectivity index (χ1) is 18.2. The summed E-state index contributed by atoms with van der Waals surface area (Å²) in [4.78, 5) is 37.7. The molecule has 2 amide bonds. The normalized spacial score (nSPS) is 12.1. The number of carbonyl (C=O) groups excluding carboxylic acids is 2. The van der Waals surface area contributed by atoms with Crippen LogP contribution < -0.4 is 16.9 Å². The molecule has 15 heteroatoms. The predicted molar refractivity (Wildman–Crippen MR) is 138 cm³/mol. The largest absolute Gasteiger partial charge is 0.480 e. The molecule has 0 fully saturated rings. The second-order valence-electron chi connectivity index (χ2n) is 8.44. The fourth-order valence-corrected chi connectivity index (χ4v) is 3.81. The van der Waals surface area contributed by atoms with Gasteiger partial charge < -0.3 is 16.6 Å². The molecule has 1 atom stereocenters. The number of rotatable bonds is 12. The summed E-state index contributed by atoms with van der Waals surface area (Å²) < 4.78 is 38.6. The van der Waals surface area contributed by atoms with Crippen molar-refractivity contribution >= 4 is 46.9 Å². The summed E-state index contributed by atoms with van der Waals surface area (Å²) in [5.41, 5.74) is 13.8. The molecule has 0 saturated heterocycles. The van der Waals surface area contributed by atoms with Crippen LogP contribution in [0.15, 0.2) is 42.5 Å². The van der Waals surface area contributed by atoms with Crippen LogP contribution >= 0.6 is 23.2 Å². The molecule has 0 radical (unpaired) electrons. The number of nitrogens with zero attached hydrogens (tertiary/aromatic N) is 2. The van der Waals surface area contributed by atoms with Gasteiger partial charge in [0.05, 0.1) is 12.1 Å². The average molecular weight is 591 g/mol. The molecule has 7 N–H and O–H groups in total. The molecule has 0 saturated carbocycles. The van der Waals surface area contributed by atoms with Crippen LogP contribution in [0, 0.1) is 5.41 Å². The standard InChI is InChI=1S/C24H27Cl2F3N6O4/c25-17-8-5-15(18(26)10-17)13-35(33-12-14-3-6-16(7-4-14)24(27,28)29)21(37)11-20(36)34(23(31)32)9-1-2-19(30)22(38)39/h3-8,10,19,33H,1-2,9,11-13,30H2,(H3,31,32)(H,38,39). The quantitative estimate of drug-likeness (QED) is 0.109. The zero-order valence-electron chi connectivity index (χ0n) is 20.5. The smallest absolute Gasteiger partial charge is 0.416 e. The van der Waals surface area contributed by atoms with Crippen LogP contribution in [0.25, 0.3) is 0 Å². The SMILES string of the molecule is N=C(N)N(CCCC(N)C(=O)O)C(=O)CC(=O)N(Cc1ccc(Cl)cc1Cl)NCc1ccc(C(F)(F)F)cc1. The van der Waals surface area contributed by atoms with Crippen molar-refractivity contribution in [3.05, 3.63) is 69.2 Å². The lowest BCUT2D eigenvalue weighted by Crippen LogP contribution is -2.47. The van der Waals surface area contributed by atoms with E-state index in [1.807, 2.05) is 0 Å². The molecule has 212 valence electrons. The second kappa shape index (κ2) is 14.1. The molecule has 10 nitrogen and oxygen atoms in total. The maximum absolute atomic E-state index is 13.1. The number of hydrogen-bond donors (Lipinski definition) is 5. The number of benzene rings is 2. The third kappa shape index (κ3) is 10.0. The van der Waals surface area contributed by atoms with Gasteiger partial charge in [-0.25, -0.2) is 5.43 Å². The van der Waals surface area contributed by atoms with Gasteiger partial charge in [-0.1, -0.05) is 41.4 Å². The molecular weight excluding hydrogens is 564 g/mol. The summed E-state index contributed by atoms with van der Waals surface area (Å²) in [6.45, 7) is -0.326. The average Bonchev–Trinajstić information content (AvgIpc) is 2.84. The summed E-state index contributed by atoms with van der Waals surface area (Å²) in [5, 5.41) is 18.2. The Morgan fingerprint density at radius 2 is 1.72 bits per heavy atom. The van der Waals surface area contributed by atoms with Crippen molar-refractivity contribution in [2.24, 2.45) is 11.5 Å². The highest BCUT2D eigenvalue weighted by molar-refractivity contribution is 6.35. The minimum Gasteiger partial charge on any atom is -0.480 e. The van der Waals surface area contributed by atoms with E-state index in [0.29, 0.717) is 16.1 Å². The zero-order valence-corrected chi connectivity index (χ0v) is 22.0. The van der Waals surface area contributed by atoms with Crippen LogP contribution in [0.5, 0.6) is 0 Å². The fraction of sp³-hybridized carbons (Fsp3) is 0.333. The summed E-state index contributed by atoms with van der Waals surface area (Å²) >= 11 is 12.2. The molecule has 39 heavy (non-hydrogen) atoms. The van der Waals surface area contributed by atoms with Crippen LogP contribution in [-0.2, 0) is 33.6 Å². The Kier molecular flexibility index (Phi) is 11.5. The Bertz CT molecular complexity index is 1200. The number of nitrogens with one attached hydrogen (secondary N) is 2. The molecule has 0 bridgehead atoms. The Morgan fingerprint density at radius 1 is 1.08 bits per heavy atom. The number of guanidine groups is 1. The van der Waals surface area contributed by atoms with E-state index in [9.17, 15) is 27.6 Å². The highest BCUT2D eigenvalue weighted by Crippen LogP contribution is 2.29. The highest BCUT2D eigenvalue weighted by Gasteiger charge is 2.30. The molecule has 2 rings (SSSR count). The number of nitrogens with two attached hydrogens (primary N) is 2. The molecule has 0 heterocycles. The van der Waals surface area contributed by atoms with Crippen molar-refractivity contribution in [2.45, 2.75) is 44.6 Å². The molecule has 2 aromatic carbocycles. The van der Waals surface area contributed by atoms with Crippen molar-refractivity contribution in [2.75, 3.05) is 6.54 Å². The van der Waals surface area contributed by atoms with Gasteiger partial charge in [-0.3, -0.25) is 29.7 Å². The first-order valence-electron chi connectivity index (χ1n) is 11.5. The second-order valence-corrected chi connectivity index (χ2v) is 9.28. The Balaban J connectivity index is 2.16. The maximum atomic E-state index is 13.1. The van der Waals surface area contributed by atoms with E-state index < -0.39 is 47.9 Å². The minimum absolute atomic E-state index is 0.0101. The van der Waals surface area contributed by atoms with Crippen molar-refractivity contribution in [1.82, 2.24) is 15.3 Å². The van der Waals surface area contributed by atoms with Gasteiger partial charge in [-0.2, -0.15) is 13.2 Å². The zero-order chi connectivity index (χ0) is 29.3. The number of alkyl halides is 3. The Labute approximate surface area is 232 Å². The van der Waals surface area contributed by atoms with E-state index in [2.05, 4.69) is 5.43 Å². The summed E-state index contributed by atoms with van der Waals surface area (Å²) in [6.07, 6.45) is -5.10. The van der Waals surface area contributed by atoms with Gasteiger partial charge in [0.15, 0.2) is 5.96 Å². The van der Waals surface area contributed by atoms with Crippen molar-refractivity contribution < 1.29 is 32.7 Å². The first kappa shape index (κ1) is 31.8. The number of hydrogen-bond acceptors (Lipinski definition) is 6. The summed E-state index contributed by atoms with van der Waals surface area (Å²) in [6, 6.07) is 7.72. The van der Waals surface area contributed by atoms with Crippen LogP contribution in [0.3, 0.4) is 0 Å². The molecule has 1 unspecified atom stereocenters. The number of halogens is 5. The van der Waals surface area contributed by atoms with Crippen molar-refractivity contribution in [3.8, 4) is 0 Å². The van der Waals surface area contributed by atoms with E-state index in [1.54, 1.807) is 12.1 Å². The number of carbonyl (C=O) groups is 3. The van der Waals surface area contributed by atoms with Gasteiger partial charge in [0.2, 0.25) is 11.8 Å². The van der Waals surface area contributed by atoms with Crippen molar-refractivity contribution in [1.29, 1.82) is 5.41 Å². The van der Waals surface area contributed by atoms with Gasteiger partial charge in [0, 0.05) is 23.1 Å². The minimum atomic E-state index is -4.50. The van der Waals surface area contributed by atoms with Gasteiger partial charge in [-0.05, 0) is 48.2 Å². The number of hydrazine groups is 1. The summed E-state index contributed by atoms with van der Waals surface area (Å²) in [5.74, 6) is -3.42. The molecular formula is C24H27Cl2F3N6O4. The number of carboxylic acids is 1. The van der Waals surface area contributed by atoms with E-state index in [1.165, 1.54) is 18.2 Å². The van der Waals surface area contributed by atoms with Gasteiger partial charge in [0.25, 0.3) is 0 Å². The van der Waals surface area contributed by atoms with Gasteiger partial charge in [0.1, 0.15) is 12.5 Å². The van der Waals surface area contributed by atoms with E-state index in [0.717, 1.165) is 22.0 Å². The molecule has 0 spiro atoms. The number of aliphatic carboxylic acids is 1. The lowest BCUT2D eigenvalue weighted by atomic mass is 10.1. The third-order valence-electron chi connectivity index (χ3n) is 5.51. The van der Waals surface area contributed by atoms with Crippen LogP contribution in [0.4, 0.5) is 13.2 Å². The lowest BCUT2D eigenvalue weighted by Gasteiger charge is -2.26. The monoisotopic (exact) mass is 590 g/mol. The number of carboxylic acid groups (broad SMARTS) is 1. The molecule has 2 aromatic rings. The van der Waals surface area contributed by atoms with Gasteiger partial charge in [-0.15, -0.1) is 0 Å². The summed E-state index contributed by atoms with van der Waals surface area (Å²) in [7, 11) is 0. The predicted octanol–water partition coefficient (Wildman–Crippen LogP) is 3.35. The van der Waals surface area contributed by atoms with Crippen LogP contribution in [0.1, 0.15) is 36.0 Å². The fourth-order valence-electron chi connectivity index (χ4n) is 3.34. The van der Waals surface area contributed by atoms with Crippen molar-refractivity contribution in [3.63, 3.8) is 0 Å². The third-order valence-corrected chi connectivity index (χ3v) is 6.10. The molecule has 0 aliphatic rings. The van der Waals surface area contributed by atoms with Crippen LogP contribution in [-0.4, -0.2) is 51.3 Å². The maximum Gasteiger partial charge on any atom is 0.416 e. The van der Waals surface area contributed by atoms with Gasteiger partial charge >= 0.3 is 12.1 Å². The van der Waals surface area contributed by atoms with E-state index in [-0.39, 0.29) is 37.5 Å². The molecule has 0 aromatic heterocycles. The Morgan fingerprint density at radius 3 is 2.26 bits per heavy atom. The topological polar surface area (TPSA) is 166 Å².